The first kappa shape index (κ1) is 26.1. The molecule has 0 radical (unpaired) electrons. The van der Waals surface area contributed by atoms with E-state index in [-0.39, 0.29) is 17.0 Å². The molecular weight excluding hydrogens is 522 g/mol. The molecule has 3 fully saturated rings. The second-order valence-electron chi connectivity index (χ2n) is 13.0. The Balaban J connectivity index is 1.34. The average molecular weight is 556 g/mol. The Morgan fingerprint density at radius 2 is 1.86 bits per heavy atom. The van der Waals surface area contributed by atoms with Crippen LogP contribution >= 0.6 is 0 Å². The molecule has 3 aliphatic carbocycles. The van der Waals surface area contributed by atoms with Gasteiger partial charge in [0.05, 0.1) is 45.1 Å². The van der Waals surface area contributed by atoms with E-state index in [0.717, 1.165) is 39.2 Å². The van der Waals surface area contributed by atoms with Crippen LogP contribution in [0.5, 0.6) is 0 Å². The molecule has 9 heteroatoms. The van der Waals surface area contributed by atoms with Crippen LogP contribution in [0.15, 0.2) is 66.8 Å². The van der Waals surface area contributed by atoms with Crippen molar-refractivity contribution >= 4 is 33.2 Å². The van der Waals surface area contributed by atoms with Crippen LogP contribution in [-0.2, 0) is 0 Å². The fourth-order valence-electron chi connectivity index (χ4n) is 6.43. The quantitative estimate of drug-likeness (QED) is 0.222. The molecular formula is C33H33N9. The molecule has 2 bridgehead atoms. The smallest absolute Gasteiger partial charge is 0.103 e. The molecule has 4 N–H and O–H groups in total. The number of hydrazine groups is 2. The first-order chi connectivity index (χ1) is 20.3. The lowest BCUT2D eigenvalue weighted by atomic mass is 9.49. The lowest BCUT2D eigenvalue weighted by Gasteiger charge is -2.64. The second-order valence-corrected chi connectivity index (χ2v) is 13.0. The Morgan fingerprint density at radius 1 is 1.05 bits per heavy atom. The summed E-state index contributed by atoms with van der Waals surface area (Å²) in [5.41, 5.74) is 12.9. The number of nitrogens with zero attached hydrogens (tertiary/aromatic N) is 5. The van der Waals surface area contributed by atoms with Crippen molar-refractivity contribution in [3.05, 3.63) is 83.4 Å². The summed E-state index contributed by atoms with van der Waals surface area (Å²) in [6, 6.07) is 18.4. The third-order valence-corrected chi connectivity index (χ3v) is 8.73. The van der Waals surface area contributed by atoms with Gasteiger partial charge in [0.2, 0.25) is 0 Å². The maximum atomic E-state index is 10.2. The number of anilines is 2. The molecule has 1 atom stereocenters. The van der Waals surface area contributed by atoms with Gasteiger partial charge in [-0.05, 0) is 60.4 Å². The summed E-state index contributed by atoms with van der Waals surface area (Å²) in [7, 11) is 0. The van der Waals surface area contributed by atoms with Crippen LogP contribution in [0.25, 0.3) is 21.8 Å². The molecule has 3 heterocycles. The summed E-state index contributed by atoms with van der Waals surface area (Å²) in [4.78, 5) is 9.12. The number of hydrogen-bond acceptors (Lipinski definition) is 9. The fraction of sp³-hybridized carbons (Fsp3) is 0.333. The van der Waals surface area contributed by atoms with E-state index in [4.69, 9.17) is 0 Å². The van der Waals surface area contributed by atoms with Crippen molar-refractivity contribution in [1.29, 1.82) is 10.5 Å². The monoisotopic (exact) mass is 555 g/mol. The number of benzene rings is 2. The van der Waals surface area contributed by atoms with Gasteiger partial charge in [0.25, 0.3) is 0 Å². The van der Waals surface area contributed by atoms with Gasteiger partial charge in [-0.3, -0.25) is 15.0 Å². The molecule has 9 nitrogen and oxygen atoms in total. The molecule has 3 saturated carbocycles. The molecule has 0 amide bonds. The van der Waals surface area contributed by atoms with E-state index in [1.165, 1.54) is 19.3 Å². The van der Waals surface area contributed by atoms with Gasteiger partial charge < -0.3 is 16.1 Å². The van der Waals surface area contributed by atoms with Crippen molar-refractivity contribution in [2.75, 3.05) is 17.2 Å². The van der Waals surface area contributed by atoms with Crippen molar-refractivity contribution < 1.29 is 0 Å². The number of rotatable bonds is 7. The van der Waals surface area contributed by atoms with Crippen LogP contribution in [-0.4, -0.2) is 27.1 Å². The lowest BCUT2D eigenvalue weighted by molar-refractivity contribution is -0.141. The Morgan fingerprint density at radius 3 is 2.57 bits per heavy atom. The van der Waals surface area contributed by atoms with Crippen LogP contribution in [0.4, 0.5) is 11.4 Å². The number of pyridine rings is 2. The van der Waals surface area contributed by atoms with Gasteiger partial charge in [0.15, 0.2) is 0 Å². The molecule has 2 aromatic carbocycles. The highest BCUT2D eigenvalue weighted by Gasteiger charge is 2.60. The third kappa shape index (κ3) is 4.34. The summed E-state index contributed by atoms with van der Waals surface area (Å²) in [5, 5.41) is 31.3. The molecule has 0 spiro atoms. The zero-order valence-electron chi connectivity index (χ0n) is 24.0. The third-order valence-electron chi connectivity index (χ3n) is 8.73. The number of nitriles is 2. The predicted molar refractivity (Wildman–Crippen MR) is 163 cm³/mol. The maximum Gasteiger partial charge on any atom is 0.103 e. The topological polar surface area (TPSA) is 125 Å². The van der Waals surface area contributed by atoms with Crippen LogP contribution in [0.2, 0.25) is 0 Å². The van der Waals surface area contributed by atoms with E-state index >= 15 is 0 Å². The Labute approximate surface area is 245 Å². The van der Waals surface area contributed by atoms with Gasteiger partial charge in [0, 0.05) is 41.6 Å². The minimum absolute atomic E-state index is 0.0103. The first-order valence-electron chi connectivity index (χ1n) is 14.4. The minimum Gasteiger partial charge on any atom is -0.383 e. The van der Waals surface area contributed by atoms with Crippen molar-refractivity contribution in [1.82, 2.24) is 25.9 Å². The zero-order valence-corrected chi connectivity index (χ0v) is 24.0. The molecule has 210 valence electrons. The van der Waals surface area contributed by atoms with E-state index in [9.17, 15) is 10.5 Å². The first-order valence-corrected chi connectivity index (χ1v) is 14.4. The summed E-state index contributed by atoms with van der Waals surface area (Å²) in [5.74, 6) is 0.859. The summed E-state index contributed by atoms with van der Waals surface area (Å²) >= 11 is 0. The second kappa shape index (κ2) is 9.61. The number of fused-ring (bicyclic) bond motifs is 2. The van der Waals surface area contributed by atoms with E-state index < -0.39 is 0 Å². The number of nitrogens with one attached hydrogen (secondary N) is 4. The van der Waals surface area contributed by atoms with Gasteiger partial charge in [-0.2, -0.15) is 10.5 Å². The largest absolute Gasteiger partial charge is 0.383 e. The Hall–Kier alpha value is -4.86. The molecule has 0 saturated heterocycles. The molecule has 42 heavy (non-hydrogen) atoms. The minimum atomic E-state index is -0.273. The van der Waals surface area contributed by atoms with E-state index in [2.05, 4.69) is 87.8 Å². The van der Waals surface area contributed by atoms with Gasteiger partial charge in [-0.15, -0.1) is 5.53 Å². The Kier molecular flexibility index (Phi) is 5.96. The maximum absolute atomic E-state index is 10.2. The van der Waals surface area contributed by atoms with Crippen LogP contribution in [0.1, 0.15) is 62.8 Å². The summed E-state index contributed by atoms with van der Waals surface area (Å²) in [6.45, 7) is 7.07. The number of aromatic nitrogens is 2. The van der Waals surface area contributed by atoms with Crippen LogP contribution < -0.4 is 21.6 Å². The van der Waals surface area contributed by atoms with E-state index in [1.54, 1.807) is 6.20 Å². The van der Waals surface area contributed by atoms with Gasteiger partial charge in [-0.1, -0.05) is 39.0 Å². The SMILES string of the molecule is CC(C)(C)CNc1c(C#N)cnc2c(C#N)cc(N[C@H](C3=CN(C45CC(C4)C5)NN3)c3cccc4ncccc34)cc12. The average Bonchev–Trinajstić information content (AvgIpc) is 3.41. The highest BCUT2D eigenvalue weighted by Crippen LogP contribution is 2.60. The van der Waals surface area contributed by atoms with Crippen molar-refractivity contribution in [3.63, 3.8) is 0 Å². The molecule has 0 unspecified atom stereocenters. The number of hydrogen-bond donors (Lipinski definition) is 4. The van der Waals surface area contributed by atoms with E-state index in [1.807, 2.05) is 36.5 Å². The summed E-state index contributed by atoms with van der Waals surface area (Å²) in [6.07, 6.45) is 9.19. The molecule has 2 aromatic heterocycles. The standard InChI is InChI=1S/C33H33N9/c1-32(2,3)19-38-30-22(16-35)17-37-29-21(15-34)10-23(11-26(29)30)39-31(25-6-4-8-27-24(25)7-5-9-36-27)28-18-42(41-40-28)33-12-20(13-33)14-33/h4-11,17-18,20,31,39-41H,12-14,19H2,1-3H3,(H,37,38)/t20?,31-,33?/m0/s1. The highest BCUT2D eigenvalue weighted by atomic mass is 15.7. The van der Waals surface area contributed by atoms with Crippen molar-refractivity contribution in [2.45, 2.75) is 51.6 Å². The Bertz CT molecular complexity index is 1820. The van der Waals surface area contributed by atoms with Gasteiger partial charge >= 0.3 is 0 Å². The molecule has 4 aliphatic rings. The van der Waals surface area contributed by atoms with Crippen LogP contribution in [0.3, 0.4) is 0 Å². The predicted octanol–water partition coefficient (Wildman–Crippen LogP) is 5.86. The van der Waals surface area contributed by atoms with Gasteiger partial charge in [-0.25, -0.2) is 0 Å². The van der Waals surface area contributed by atoms with Crippen molar-refractivity contribution in [3.8, 4) is 12.1 Å². The van der Waals surface area contributed by atoms with Crippen molar-refractivity contribution in [2.24, 2.45) is 11.3 Å². The van der Waals surface area contributed by atoms with Crippen LogP contribution in [0, 0.1) is 34.0 Å². The fourth-order valence-corrected chi connectivity index (χ4v) is 6.43. The molecule has 1 aliphatic heterocycles. The molecule has 4 aromatic rings. The summed E-state index contributed by atoms with van der Waals surface area (Å²) < 4.78 is 0. The van der Waals surface area contributed by atoms with Gasteiger partial charge in [0.1, 0.15) is 12.1 Å². The normalized spacial score (nSPS) is 21.4. The van der Waals surface area contributed by atoms with E-state index in [0.29, 0.717) is 28.9 Å². The molecule has 8 rings (SSSR count). The highest BCUT2D eigenvalue weighted by molar-refractivity contribution is 5.99. The lowest BCUT2D eigenvalue weighted by Crippen LogP contribution is -2.69. The zero-order chi connectivity index (χ0) is 29.1.